The molecule has 2 amide bonds. The molecule has 6 heterocycles. The number of likely N-dealkylation sites (tertiary alicyclic amines) is 2. The highest BCUT2D eigenvalue weighted by Gasteiger charge is 2.50. The summed E-state index contributed by atoms with van der Waals surface area (Å²) in [6, 6.07) is 22.0. The summed E-state index contributed by atoms with van der Waals surface area (Å²) in [5.74, 6) is -9.53. The standard InChI is InChI=1S/C54H52F2N8O6/c1-32-38(15-5-17-44(32)55)47-40(49(66)34-11-7-19-57-23-34)27-63(28-41(47)50(67)35-12-8-20-58-24-35)31-46(65)61-53(54(70)62(3)4)64-29-42(51(68)36-13-9-21-59-25-36)48(39-16-6-18-45(56)33(39)2)43(30-64)52(69)37-14-10-22-60-26-37/h5-26,40-43,47-48,53H,27-31H2,1-4H3,(H,61,65)/t40-,41+,42-,43+,47-,48-,53?. The molecule has 0 spiro atoms. The second-order valence-electron chi connectivity index (χ2n) is 18.2. The Hall–Kier alpha value is -7.56. The molecule has 7 atom stereocenters. The van der Waals surface area contributed by atoms with Crippen molar-refractivity contribution < 1.29 is 37.5 Å². The Labute approximate surface area is 404 Å². The number of carbonyl (C=O) groups excluding carboxylic acids is 6. The Bertz CT molecular complexity index is 2770. The fourth-order valence-electron chi connectivity index (χ4n) is 10.2. The van der Waals surface area contributed by atoms with Gasteiger partial charge in [0.2, 0.25) is 5.91 Å². The van der Waals surface area contributed by atoms with E-state index in [1.165, 1.54) is 86.8 Å². The van der Waals surface area contributed by atoms with E-state index in [-0.39, 0.29) is 71.1 Å². The summed E-state index contributed by atoms with van der Waals surface area (Å²) in [6.45, 7) is 2.46. The average Bonchev–Trinajstić information content (AvgIpc) is 3.39. The predicted molar refractivity (Wildman–Crippen MR) is 255 cm³/mol. The number of carbonyl (C=O) groups is 6. The number of hydrogen-bond acceptors (Lipinski definition) is 12. The number of likely N-dealkylation sites (N-methyl/N-ethyl adjacent to an activating group) is 1. The Morgan fingerprint density at radius 3 is 1.24 bits per heavy atom. The minimum Gasteiger partial charge on any atom is -0.346 e. The lowest BCUT2D eigenvalue weighted by Crippen LogP contribution is -2.63. The molecule has 16 heteroatoms. The number of amides is 2. The lowest BCUT2D eigenvalue weighted by atomic mass is 9.68. The molecule has 2 aromatic carbocycles. The van der Waals surface area contributed by atoms with Gasteiger partial charge in [-0.15, -0.1) is 0 Å². The van der Waals surface area contributed by atoms with Crippen LogP contribution in [0.1, 0.15) is 75.5 Å². The smallest absolute Gasteiger partial charge is 0.259 e. The molecule has 0 radical (unpaired) electrons. The fraction of sp³-hybridized carbons (Fsp3) is 0.296. The lowest BCUT2D eigenvalue weighted by molar-refractivity contribution is -0.141. The van der Waals surface area contributed by atoms with Crippen molar-refractivity contribution in [3.8, 4) is 0 Å². The zero-order valence-electron chi connectivity index (χ0n) is 39.1. The number of pyridine rings is 4. The van der Waals surface area contributed by atoms with E-state index in [1.54, 1.807) is 90.4 Å². The van der Waals surface area contributed by atoms with Gasteiger partial charge in [0.25, 0.3) is 5.91 Å². The van der Waals surface area contributed by atoms with Gasteiger partial charge in [-0.2, -0.15) is 0 Å². The first-order chi connectivity index (χ1) is 33.7. The summed E-state index contributed by atoms with van der Waals surface area (Å²) in [4.78, 5) is 109. The summed E-state index contributed by atoms with van der Waals surface area (Å²) < 4.78 is 30.9. The number of halogens is 2. The van der Waals surface area contributed by atoms with Crippen molar-refractivity contribution in [1.29, 1.82) is 0 Å². The Balaban J connectivity index is 1.17. The topological polar surface area (TPSA) is 176 Å². The number of hydrogen-bond donors (Lipinski definition) is 1. The molecule has 2 saturated heterocycles. The van der Waals surface area contributed by atoms with Crippen molar-refractivity contribution in [2.45, 2.75) is 31.8 Å². The molecule has 6 aromatic rings. The number of piperidine rings is 2. The van der Waals surface area contributed by atoms with Crippen LogP contribution in [0.4, 0.5) is 8.78 Å². The molecule has 0 saturated carbocycles. The van der Waals surface area contributed by atoms with Crippen molar-refractivity contribution in [2.24, 2.45) is 23.7 Å². The number of nitrogens with one attached hydrogen (secondary N) is 1. The molecule has 1 N–H and O–H groups in total. The third-order valence-electron chi connectivity index (χ3n) is 13.7. The summed E-state index contributed by atoms with van der Waals surface area (Å²) >= 11 is 0. The van der Waals surface area contributed by atoms with Crippen LogP contribution < -0.4 is 5.32 Å². The van der Waals surface area contributed by atoms with Gasteiger partial charge < -0.3 is 10.2 Å². The molecule has 2 aliphatic heterocycles. The molecule has 0 aliphatic carbocycles. The van der Waals surface area contributed by atoms with E-state index in [2.05, 4.69) is 25.3 Å². The second kappa shape index (κ2) is 21.4. The molecule has 2 fully saturated rings. The number of benzene rings is 2. The number of ketones is 4. The van der Waals surface area contributed by atoms with Gasteiger partial charge in [0.05, 0.1) is 6.54 Å². The van der Waals surface area contributed by atoms with E-state index in [9.17, 15) is 28.8 Å². The van der Waals surface area contributed by atoms with Gasteiger partial charge in [0, 0.05) is 148 Å². The maximum atomic E-state index is 15.5. The van der Waals surface area contributed by atoms with Crippen LogP contribution in [0.3, 0.4) is 0 Å². The highest BCUT2D eigenvalue weighted by Crippen LogP contribution is 2.44. The minimum absolute atomic E-state index is 0.0351. The number of rotatable bonds is 15. The third-order valence-corrected chi connectivity index (χ3v) is 13.7. The van der Waals surface area contributed by atoms with Crippen molar-refractivity contribution in [1.82, 2.24) is 40.0 Å². The van der Waals surface area contributed by atoms with E-state index in [4.69, 9.17) is 0 Å². The Morgan fingerprint density at radius 1 is 0.557 bits per heavy atom. The monoisotopic (exact) mass is 946 g/mol. The maximum absolute atomic E-state index is 15.5. The molecular formula is C54H52F2N8O6. The number of nitrogens with zero attached hydrogens (tertiary/aromatic N) is 7. The first-order valence-corrected chi connectivity index (χ1v) is 23.0. The first-order valence-electron chi connectivity index (χ1n) is 23.0. The molecule has 8 rings (SSSR count). The molecule has 4 aromatic heterocycles. The van der Waals surface area contributed by atoms with Gasteiger partial charge in [0.15, 0.2) is 29.3 Å². The maximum Gasteiger partial charge on any atom is 0.259 e. The summed E-state index contributed by atoms with van der Waals surface area (Å²) in [5.41, 5.74) is 2.49. The van der Waals surface area contributed by atoms with Gasteiger partial charge in [-0.3, -0.25) is 58.5 Å². The molecule has 2 aliphatic rings. The summed E-state index contributed by atoms with van der Waals surface area (Å²) in [6.07, 6.45) is 10.3. The zero-order valence-corrected chi connectivity index (χ0v) is 39.1. The van der Waals surface area contributed by atoms with E-state index >= 15 is 8.78 Å². The van der Waals surface area contributed by atoms with Gasteiger partial charge in [0.1, 0.15) is 11.6 Å². The third kappa shape index (κ3) is 10.2. The quantitative estimate of drug-likeness (QED) is 0.116. The van der Waals surface area contributed by atoms with Crippen LogP contribution in [-0.4, -0.2) is 123 Å². The molecule has 0 bridgehead atoms. The number of aromatic nitrogens is 4. The fourth-order valence-corrected chi connectivity index (χ4v) is 10.2. The Kier molecular flexibility index (Phi) is 14.9. The molecule has 358 valence electrons. The van der Waals surface area contributed by atoms with Gasteiger partial charge in [-0.25, -0.2) is 8.78 Å². The van der Waals surface area contributed by atoms with Gasteiger partial charge >= 0.3 is 0 Å². The van der Waals surface area contributed by atoms with Crippen LogP contribution in [0, 0.1) is 49.2 Å². The van der Waals surface area contributed by atoms with E-state index in [1.807, 2.05) is 0 Å². The predicted octanol–water partition coefficient (Wildman–Crippen LogP) is 6.19. The normalized spacial score (nSPS) is 21.0. The largest absolute Gasteiger partial charge is 0.346 e. The molecule has 14 nitrogen and oxygen atoms in total. The highest BCUT2D eigenvalue weighted by molar-refractivity contribution is 6.03. The van der Waals surface area contributed by atoms with Gasteiger partial charge in [-0.05, 0) is 96.8 Å². The van der Waals surface area contributed by atoms with Crippen LogP contribution in [-0.2, 0) is 9.59 Å². The van der Waals surface area contributed by atoms with E-state index < -0.39 is 83.2 Å². The van der Waals surface area contributed by atoms with Crippen LogP contribution >= 0.6 is 0 Å². The van der Waals surface area contributed by atoms with Crippen molar-refractivity contribution in [3.05, 3.63) is 191 Å². The van der Waals surface area contributed by atoms with Crippen molar-refractivity contribution in [2.75, 3.05) is 46.8 Å². The zero-order chi connectivity index (χ0) is 49.6. The van der Waals surface area contributed by atoms with Crippen LogP contribution in [0.5, 0.6) is 0 Å². The summed E-state index contributed by atoms with van der Waals surface area (Å²) in [5, 5.41) is 2.91. The highest BCUT2D eigenvalue weighted by atomic mass is 19.1. The van der Waals surface area contributed by atoms with Crippen molar-refractivity contribution >= 4 is 34.9 Å². The van der Waals surface area contributed by atoms with Crippen LogP contribution in [0.2, 0.25) is 0 Å². The minimum atomic E-state index is -1.43. The molecule has 70 heavy (non-hydrogen) atoms. The van der Waals surface area contributed by atoms with Crippen LogP contribution in [0.25, 0.3) is 0 Å². The van der Waals surface area contributed by atoms with E-state index in [0.717, 1.165) is 0 Å². The second-order valence-corrected chi connectivity index (χ2v) is 18.2. The first kappa shape index (κ1) is 48.9. The average molecular weight is 947 g/mol. The van der Waals surface area contributed by atoms with Gasteiger partial charge in [-0.1, -0.05) is 24.3 Å². The van der Waals surface area contributed by atoms with Crippen molar-refractivity contribution in [3.63, 3.8) is 0 Å². The molecular weight excluding hydrogens is 895 g/mol. The van der Waals surface area contributed by atoms with E-state index in [0.29, 0.717) is 11.1 Å². The lowest BCUT2D eigenvalue weighted by Gasteiger charge is -2.46. The summed E-state index contributed by atoms with van der Waals surface area (Å²) in [7, 11) is 3.03. The molecule has 1 unspecified atom stereocenters. The number of Topliss-reactive ketones (excluding diaryl/α,β-unsaturated/α-hetero) is 4. The van der Waals surface area contributed by atoms with Crippen LogP contribution in [0.15, 0.2) is 135 Å². The SMILES string of the molecule is Cc1c(F)cccc1[C@H]1[C@@H](C(=O)c2cccnc2)CN(CC(=O)NC(C(=O)N(C)C)N2C[C@H](C(=O)c3cccnc3)[C@H](c3cccc(F)c3C)[C@H](C(=O)c3cccnc3)C2)C[C@H]1C(=O)c1cccnc1. The Morgan fingerprint density at radius 2 is 0.914 bits per heavy atom.